The minimum absolute atomic E-state index is 0.0350. The largest absolute Gasteiger partial charge is 0.360 e. The smallest absolute Gasteiger partial charge is 0.242 e. The first-order valence-corrected chi connectivity index (χ1v) is 13.0. The highest BCUT2D eigenvalue weighted by Crippen LogP contribution is 2.29. The second-order valence-electron chi connectivity index (χ2n) is 8.20. The zero-order valence-corrected chi connectivity index (χ0v) is 21.1. The number of nitriles is 1. The van der Waals surface area contributed by atoms with Gasteiger partial charge in [0.15, 0.2) is 0 Å². The lowest BCUT2D eigenvalue weighted by Crippen LogP contribution is -2.56. The molecule has 3 N–H and O–H groups in total. The van der Waals surface area contributed by atoms with Crippen molar-refractivity contribution in [3.8, 4) is 6.07 Å². The number of carbonyl (C=O) groups excluding carboxylic acids is 1. The molecule has 3 heterocycles. The molecule has 188 valence electrons. The second kappa shape index (κ2) is 10.5. The number of amides is 1. The number of piperazine rings is 1. The number of halogens is 1. The molecule has 13 heteroatoms. The van der Waals surface area contributed by atoms with Gasteiger partial charge in [-0.15, -0.1) is 0 Å². The van der Waals surface area contributed by atoms with E-state index in [1.54, 1.807) is 47.0 Å². The molecule has 0 radical (unpaired) electrons. The molecule has 1 fully saturated rings. The van der Waals surface area contributed by atoms with Crippen LogP contribution in [0.5, 0.6) is 0 Å². The fourth-order valence-corrected chi connectivity index (χ4v) is 6.02. The van der Waals surface area contributed by atoms with Gasteiger partial charge >= 0.3 is 0 Å². The van der Waals surface area contributed by atoms with Gasteiger partial charge in [0.2, 0.25) is 15.9 Å². The van der Waals surface area contributed by atoms with E-state index in [1.807, 2.05) is 0 Å². The number of nitrogens with one attached hydrogen (secondary N) is 3. The van der Waals surface area contributed by atoms with Gasteiger partial charge in [-0.1, -0.05) is 17.7 Å². The Balaban J connectivity index is 1.64. The van der Waals surface area contributed by atoms with Crippen LogP contribution in [0.15, 0.2) is 52.6 Å². The molecular formula is C23H25ClN8O3S. The van der Waals surface area contributed by atoms with E-state index >= 15 is 0 Å². The first-order valence-electron chi connectivity index (χ1n) is 11.1. The molecule has 0 bridgehead atoms. The molecule has 0 saturated carbocycles. The zero-order chi connectivity index (χ0) is 25.9. The van der Waals surface area contributed by atoms with Crippen molar-refractivity contribution in [3.05, 3.63) is 53.4 Å². The Labute approximate surface area is 213 Å². The van der Waals surface area contributed by atoms with Crippen LogP contribution >= 0.6 is 11.6 Å². The Bertz CT molecular complexity index is 1470. The molecule has 1 aliphatic rings. The highest BCUT2D eigenvalue weighted by Gasteiger charge is 2.33. The summed E-state index contributed by atoms with van der Waals surface area (Å²) in [4.78, 5) is 23.8. The highest BCUT2D eigenvalue weighted by atomic mass is 35.5. The van der Waals surface area contributed by atoms with Gasteiger partial charge in [-0.3, -0.25) is 15.2 Å². The van der Waals surface area contributed by atoms with Crippen LogP contribution in [-0.2, 0) is 21.4 Å². The van der Waals surface area contributed by atoms with E-state index in [9.17, 15) is 18.5 Å². The summed E-state index contributed by atoms with van der Waals surface area (Å²) in [5, 5.41) is 17.5. The topological polar surface area (TPSA) is 150 Å². The van der Waals surface area contributed by atoms with Gasteiger partial charge in [0.25, 0.3) is 0 Å². The van der Waals surface area contributed by atoms with Crippen LogP contribution in [0, 0.1) is 16.7 Å². The number of rotatable bonds is 8. The lowest BCUT2D eigenvalue weighted by atomic mass is 10.1. The minimum Gasteiger partial charge on any atom is -0.360 e. The normalized spacial score (nSPS) is 16.3. The second-order valence-corrected chi connectivity index (χ2v) is 10.3. The number of fused-ring (bicyclic) bond motifs is 1. The molecule has 1 aromatic carbocycles. The number of aromatic amines is 1. The fraction of sp³-hybridized carbons (Fsp3) is 0.304. The summed E-state index contributed by atoms with van der Waals surface area (Å²) >= 11 is 6.26. The number of aryl methyl sites for hydroxylation is 1. The molecule has 0 aliphatic carbocycles. The Hall–Kier alpha value is -3.66. The van der Waals surface area contributed by atoms with Crippen molar-refractivity contribution in [1.29, 1.82) is 10.7 Å². The maximum Gasteiger partial charge on any atom is 0.242 e. The number of aliphatic imine (C=N–C) groups is 1. The third-order valence-corrected chi connectivity index (χ3v) is 7.92. The van der Waals surface area contributed by atoms with Gasteiger partial charge in [0.05, 0.1) is 22.8 Å². The molecule has 1 atom stereocenters. The fourth-order valence-electron chi connectivity index (χ4n) is 4.24. The average molecular weight is 529 g/mol. The van der Waals surface area contributed by atoms with E-state index in [4.69, 9.17) is 17.0 Å². The van der Waals surface area contributed by atoms with Gasteiger partial charge in [-0.25, -0.2) is 8.42 Å². The molecule has 4 rings (SSSR count). The SMILES string of the molecule is C/N=C1/CN(C(=O)C(CCn2cccc2C#N)NS(=O)(=O)c2cccc3[nH]cc(Cl)c23)CCN1C=N. The lowest BCUT2D eigenvalue weighted by molar-refractivity contribution is -0.133. The van der Waals surface area contributed by atoms with E-state index in [1.165, 1.54) is 17.2 Å². The summed E-state index contributed by atoms with van der Waals surface area (Å²) in [5.74, 6) is 0.120. The quantitative estimate of drug-likeness (QED) is 0.302. The summed E-state index contributed by atoms with van der Waals surface area (Å²) in [6, 6.07) is 9.09. The summed E-state index contributed by atoms with van der Waals surface area (Å²) in [6.45, 7) is 1.07. The van der Waals surface area contributed by atoms with Gasteiger partial charge in [0.1, 0.15) is 23.6 Å². The molecule has 0 spiro atoms. The van der Waals surface area contributed by atoms with Gasteiger partial charge < -0.3 is 19.4 Å². The zero-order valence-electron chi connectivity index (χ0n) is 19.5. The van der Waals surface area contributed by atoms with Gasteiger partial charge in [-0.2, -0.15) is 9.98 Å². The van der Waals surface area contributed by atoms with E-state index < -0.39 is 22.0 Å². The van der Waals surface area contributed by atoms with Crippen LogP contribution in [0.2, 0.25) is 5.02 Å². The van der Waals surface area contributed by atoms with Crippen LogP contribution in [0.4, 0.5) is 0 Å². The number of H-pyrrole nitrogens is 1. The first kappa shape index (κ1) is 25.4. The number of nitrogens with zero attached hydrogens (tertiary/aromatic N) is 5. The number of aromatic nitrogens is 2. The summed E-state index contributed by atoms with van der Waals surface area (Å²) in [7, 11) is -2.58. The van der Waals surface area contributed by atoms with Crippen LogP contribution in [0.1, 0.15) is 12.1 Å². The van der Waals surface area contributed by atoms with Crippen molar-refractivity contribution < 1.29 is 13.2 Å². The van der Waals surface area contributed by atoms with E-state index in [0.717, 1.165) is 6.34 Å². The van der Waals surface area contributed by atoms with E-state index in [2.05, 4.69) is 20.8 Å². The summed E-state index contributed by atoms with van der Waals surface area (Å²) in [6.07, 6.45) is 4.49. The maximum absolute atomic E-state index is 13.6. The Morgan fingerprint density at radius 1 is 1.36 bits per heavy atom. The number of hydrogen-bond donors (Lipinski definition) is 3. The third kappa shape index (κ3) is 4.99. The Morgan fingerprint density at radius 2 is 2.17 bits per heavy atom. The van der Waals surface area contributed by atoms with Crippen molar-refractivity contribution in [1.82, 2.24) is 24.1 Å². The molecule has 2 aromatic heterocycles. The summed E-state index contributed by atoms with van der Waals surface area (Å²) < 4.78 is 31.3. The van der Waals surface area contributed by atoms with Gasteiger partial charge in [0, 0.05) is 50.0 Å². The molecule has 1 aliphatic heterocycles. The minimum atomic E-state index is -4.16. The molecule has 3 aromatic rings. The van der Waals surface area contributed by atoms with Crippen LogP contribution < -0.4 is 4.72 Å². The van der Waals surface area contributed by atoms with E-state index in [-0.39, 0.29) is 29.4 Å². The molecule has 1 amide bonds. The molecular weight excluding hydrogens is 504 g/mol. The van der Waals surface area contributed by atoms with Crippen LogP contribution in [0.3, 0.4) is 0 Å². The van der Waals surface area contributed by atoms with Crippen molar-refractivity contribution in [3.63, 3.8) is 0 Å². The van der Waals surface area contributed by atoms with E-state index in [0.29, 0.717) is 35.5 Å². The predicted octanol–water partition coefficient (Wildman–Crippen LogP) is 2.01. The van der Waals surface area contributed by atoms with Crippen LogP contribution in [0.25, 0.3) is 10.9 Å². The van der Waals surface area contributed by atoms with Crippen molar-refractivity contribution >= 4 is 50.6 Å². The van der Waals surface area contributed by atoms with Crippen molar-refractivity contribution in [2.45, 2.75) is 23.9 Å². The summed E-state index contributed by atoms with van der Waals surface area (Å²) in [5.41, 5.74) is 0.969. The first-order chi connectivity index (χ1) is 17.3. The monoisotopic (exact) mass is 528 g/mol. The number of amidine groups is 1. The maximum atomic E-state index is 13.6. The predicted molar refractivity (Wildman–Crippen MR) is 137 cm³/mol. The molecule has 1 saturated heterocycles. The highest BCUT2D eigenvalue weighted by molar-refractivity contribution is 7.89. The molecule has 1 unspecified atom stereocenters. The van der Waals surface area contributed by atoms with Crippen molar-refractivity contribution in [2.24, 2.45) is 4.99 Å². The number of carbonyl (C=O) groups is 1. The number of benzene rings is 1. The van der Waals surface area contributed by atoms with Crippen molar-refractivity contribution in [2.75, 3.05) is 26.7 Å². The Morgan fingerprint density at radius 3 is 2.89 bits per heavy atom. The third-order valence-electron chi connectivity index (χ3n) is 6.11. The molecule has 11 nitrogen and oxygen atoms in total. The standard InChI is InChI=1S/C23H25ClN8O3S/c1-27-21-14-31(10-11-32(21)15-26)23(33)19(7-9-30-8-3-4-16(30)12-25)29-36(34,35)20-6-2-5-18-22(20)17(24)13-28-18/h2-6,8,13,15,19,26,28-29H,7,9-11,14H2,1H3/b26-15?,27-21-. The Kier molecular flexibility index (Phi) is 7.44. The molecule has 36 heavy (non-hydrogen) atoms. The average Bonchev–Trinajstić information content (AvgIpc) is 3.51. The van der Waals surface area contributed by atoms with Crippen LogP contribution in [-0.4, -0.2) is 78.6 Å². The number of hydrogen-bond acceptors (Lipinski definition) is 6. The lowest BCUT2D eigenvalue weighted by Gasteiger charge is -2.36. The number of sulfonamides is 1. The van der Waals surface area contributed by atoms with Gasteiger partial charge in [-0.05, 0) is 30.7 Å².